The monoisotopic (exact) mass is 340 g/mol. The van der Waals surface area contributed by atoms with Crippen molar-refractivity contribution in [3.8, 4) is 0 Å². The van der Waals surface area contributed by atoms with Crippen LogP contribution in [-0.2, 0) is 26.1 Å². The Morgan fingerprint density at radius 1 is 1.15 bits per heavy atom. The van der Waals surface area contributed by atoms with Crippen molar-refractivity contribution in [1.29, 1.82) is 0 Å². The maximum Gasteiger partial charge on any atom is 0.0843 e. The summed E-state index contributed by atoms with van der Waals surface area (Å²) in [5, 5.41) is 18.5. The van der Waals surface area contributed by atoms with E-state index in [-0.39, 0.29) is 6.61 Å². The van der Waals surface area contributed by atoms with E-state index in [1.807, 2.05) is 23.2 Å². The summed E-state index contributed by atoms with van der Waals surface area (Å²) < 4.78 is 5.02. The smallest absolute Gasteiger partial charge is 0.0843 e. The number of rotatable bonds is 5. The minimum absolute atomic E-state index is 0.0338. The first-order valence-corrected chi connectivity index (χ1v) is 7.70. The van der Waals surface area contributed by atoms with Gasteiger partial charge in [0.1, 0.15) is 0 Å². The minimum Gasteiger partial charge on any atom is -0.392 e. The SMILES string of the molecule is CCc1nn(CC)c(Cn2nc(C)c(CO)c2C)c1Br. The number of aromatic nitrogens is 4. The van der Waals surface area contributed by atoms with E-state index in [1.54, 1.807) is 0 Å². The molecule has 6 heteroatoms. The van der Waals surface area contributed by atoms with Gasteiger partial charge in [-0.05, 0) is 43.1 Å². The molecule has 0 aliphatic rings. The van der Waals surface area contributed by atoms with Gasteiger partial charge in [-0.15, -0.1) is 0 Å². The van der Waals surface area contributed by atoms with Gasteiger partial charge in [-0.2, -0.15) is 10.2 Å². The van der Waals surface area contributed by atoms with Crippen molar-refractivity contribution < 1.29 is 5.11 Å². The molecule has 2 aromatic heterocycles. The second-order valence-corrected chi connectivity index (χ2v) is 5.63. The lowest BCUT2D eigenvalue weighted by atomic mass is 10.2. The van der Waals surface area contributed by atoms with Crippen LogP contribution in [0.1, 0.15) is 42.2 Å². The Labute approximate surface area is 127 Å². The van der Waals surface area contributed by atoms with Crippen molar-refractivity contribution in [1.82, 2.24) is 19.6 Å². The van der Waals surface area contributed by atoms with Crippen LogP contribution in [0.4, 0.5) is 0 Å². The number of aliphatic hydroxyl groups is 1. The summed E-state index contributed by atoms with van der Waals surface area (Å²) in [6, 6.07) is 0. The molecule has 20 heavy (non-hydrogen) atoms. The van der Waals surface area contributed by atoms with E-state index < -0.39 is 0 Å². The van der Waals surface area contributed by atoms with E-state index in [1.165, 1.54) is 0 Å². The van der Waals surface area contributed by atoms with Crippen molar-refractivity contribution in [3.63, 3.8) is 0 Å². The fourth-order valence-electron chi connectivity index (χ4n) is 2.43. The third-order valence-corrected chi connectivity index (χ3v) is 4.60. The van der Waals surface area contributed by atoms with Crippen LogP contribution >= 0.6 is 15.9 Å². The maximum atomic E-state index is 9.40. The summed E-state index contributed by atoms with van der Waals surface area (Å²) in [5.41, 5.74) is 5.02. The first-order valence-electron chi connectivity index (χ1n) is 6.91. The Hall–Kier alpha value is -1.14. The molecular formula is C14H21BrN4O. The van der Waals surface area contributed by atoms with Crippen LogP contribution in [0.15, 0.2) is 4.47 Å². The third-order valence-electron chi connectivity index (χ3n) is 3.68. The largest absolute Gasteiger partial charge is 0.392 e. The summed E-state index contributed by atoms with van der Waals surface area (Å²) in [6.45, 7) is 9.64. The molecule has 110 valence electrons. The number of aliphatic hydroxyl groups excluding tert-OH is 1. The molecule has 0 spiro atoms. The fraction of sp³-hybridized carbons (Fsp3) is 0.571. The molecule has 0 bridgehead atoms. The Bertz CT molecular complexity index is 615. The molecule has 0 aliphatic heterocycles. The summed E-state index contributed by atoms with van der Waals surface area (Å²) >= 11 is 3.65. The molecule has 2 rings (SSSR count). The molecule has 0 amide bonds. The zero-order chi connectivity index (χ0) is 14.9. The quantitative estimate of drug-likeness (QED) is 0.909. The molecule has 0 saturated heterocycles. The summed E-state index contributed by atoms with van der Waals surface area (Å²) in [6.07, 6.45) is 0.902. The fourth-order valence-corrected chi connectivity index (χ4v) is 3.12. The van der Waals surface area contributed by atoms with Gasteiger partial charge in [0.2, 0.25) is 0 Å². The van der Waals surface area contributed by atoms with Crippen molar-refractivity contribution in [2.75, 3.05) is 0 Å². The van der Waals surface area contributed by atoms with Crippen LogP contribution in [-0.4, -0.2) is 24.7 Å². The van der Waals surface area contributed by atoms with E-state index in [2.05, 4.69) is 40.0 Å². The van der Waals surface area contributed by atoms with Crippen molar-refractivity contribution >= 4 is 15.9 Å². The molecule has 0 radical (unpaired) electrons. The normalized spacial score (nSPS) is 11.3. The molecule has 5 nitrogen and oxygen atoms in total. The predicted octanol–water partition coefficient (Wildman–Crippen LogP) is 2.58. The topological polar surface area (TPSA) is 55.9 Å². The van der Waals surface area contributed by atoms with Gasteiger partial charge in [0, 0.05) is 17.8 Å². The van der Waals surface area contributed by atoms with Gasteiger partial charge in [-0.25, -0.2) is 0 Å². The van der Waals surface area contributed by atoms with Gasteiger partial charge in [0.15, 0.2) is 0 Å². The Morgan fingerprint density at radius 2 is 1.85 bits per heavy atom. The van der Waals surface area contributed by atoms with Crippen LogP contribution < -0.4 is 0 Å². The molecule has 0 fully saturated rings. The molecule has 0 aliphatic carbocycles. The van der Waals surface area contributed by atoms with E-state index in [9.17, 15) is 5.11 Å². The van der Waals surface area contributed by atoms with Gasteiger partial charge in [0.05, 0.1) is 34.7 Å². The lowest BCUT2D eigenvalue weighted by molar-refractivity contribution is 0.280. The Balaban J connectivity index is 2.42. The molecule has 2 heterocycles. The number of hydrogen-bond acceptors (Lipinski definition) is 3. The first kappa shape index (κ1) is 15.3. The van der Waals surface area contributed by atoms with Gasteiger partial charge in [-0.3, -0.25) is 9.36 Å². The molecular weight excluding hydrogens is 320 g/mol. The highest BCUT2D eigenvalue weighted by Gasteiger charge is 2.17. The molecule has 0 unspecified atom stereocenters. The molecule has 1 N–H and O–H groups in total. The molecule has 0 saturated carbocycles. The molecule has 0 atom stereocenters. The van der Waals surface area contributed by atoms with Gasteiger partial charge in [-0.1, -0.05) is 6.92 Å². The second kappa shape index (κ2) is 6.10. The average molecular weight is 341 g/mol. The average Bonchev–Trinajstić information content (AvgIpc) is 2.88. The standard InChI is InChI=1S/C14H21BrN4O/c1-5-12-14(15)13(18(6-2)17-12)7-19-10(4)11(8-20)9(3)16-19/h20H,5-8H2,1-4H3. The van der Waals surface area contributed by atoms with E-state index in [0.29, 0.717) is 6.54 Å². The highest BCUT2D eigenvalue weighted by atomic mass is 79.9. The zero-order valence-corrected chi connectivity index (χ0v) is 14.0. The van der Waals surface area contributed by atoms with Gasteiger partial charge < -0.3 is 5.11 Å². The van der Waals surface area contributed by atoms with E-state index in [4.69, 9.17) is 0 Å². The van der Waals surface area contributed by atoms with E-state index in [0.717, 1.165) is 45.8 Å². The number of halogens is 1. The highest BCUT2D eigenvalue weighted by Crippen LogP contribution is 2.24. The Morgan fingerprint density at radius 3 is 2.35 bits per heavy atom. The van der Waals surface area contributed by atoms with Crippen molar-refractivity contribution in [2.24, 2.45) is 0 Å². The Kier molecular flexibility index (Phi) is 4.65. The van der Waals surface area contributed by atoms with E-state index >= 15 is 0 Å². The summed E-state index contributed by atoms with van der Waals surface area (Å²) in [7, 11) is 0. The summed E-state index contributed by atoms with van der Waals surface area (Å²) in [4.78, 5) is 0. The second-order valence-electron chi connectivity index (χ2n) is 4.84. The third kappa shape index (κ3) is 2.54. The van der Waals surface area contributed by atoms with Gasteiger partial charge in [0.25, 0.3) is 0 Å². The molecule has 2 aromatic rings. The number of aryl methyl sites for hydroxylation is 3. The van der Waals surface area contributed by atoms with Crippen LogP contribution in [0.25, 0.3) is 0 Å². The summed E-state index contributed by atoms with van der Waals surface area (Å²) in [5.74, 6) is 0. The molecule has 0 aromatic carbocycles. The van der Waals surface area contributed by atoms with Crippen LogP contribution in [0.3, 0.4) is 0 Å². The van der Waals surface area contributed by atoms with Crippen LogP contribution in [0.2, 0.25) is 0 Å². The zero-order valence-electron chi connectivity index (χ0n) is 12.4. The first-order chi connectivity index (χ1) is 9.53. The number of nitrogens with zero attached hydrogens (tertiary/aromatic N) is 4. The lowest BCUT2D eigenvalue weighted by Crippen LogP contribution is -2.11. The van der Waals surface area contributed by atoms with Crippen LogP contribution in [0.5, 0.6) is 0 Å². The lowest BCUT2D eigenvalue weighted by Gasteiger charge is -2.08. The maximum absolute atomic E-state index is 9.40. The minimum atomic E-state index is 0.0338. The predicted molar refractivity (Wildman–Crippen MR) is 81.7 cm³/mol. The van der Waals surface area contributed by atoms with Crippen molar-refractivity contribution in [3.05, 3.63) is 32.8 Å². The van der Waals surface area contributed by atoms with Gasteiger partial charge >= 0.3 is 0 Å². The number of hydrogen-bond donors (Lipinski definition) is 1. The van der Waals surface area contributed by atoms with Crippen molar-refractivity contribution in [2.45, 2.75) is 53.8 Å². The highest BCUT2D eigenvalue weighted by molar-refractivity contribution is 9.10. The van der Waals surface area contributed by atoms with Crippen LogP contribution in [0, 0.1) is 13.8 Å².